The average Bonchev–Trinajstić information content (AvgIpc) is 2.42. The first-order valence-electron chi connectivity index (χ1n) is 9.16. The molecule has 5 heteroatoms. The number of rotatable bonds is 3. The molecule has 1 aromatic carbocycles. The molecule has 1 saturated heterocycles. The van der Waals surface area contributed by atoms with Gasteiger partial charge in [0.2, 0.25) is 5.91 Å². The van der Waals surface area contributed by atoms with E-state index in [4.69, 9.17) is 9.16 Å². The number of carbonyl (C=O) groups excluding carboxylic acids is 1. The van der Waals surface area contributed by atoms with Gasteiger partial charge in [0.15, 0.2) is 14.0 Å². The van der Waals surface area contributed by atoms with E-state index < -0.39 is 14.0 Å². The Labute approximate surface area is 152 Å². The summed E-state index contributed by atoms with van der Waals surface area (Å²) in [5, 5.41) is 0.126. The van der Waals surface area contributed by atoms with Crippen molar-refractivity contribution in [3.8, 4) is 5.75 Å². The molecule has 3 atom stereocenters. The van der Waals surface area contributed by atoms with Crippen LogP contribution < -0.4 is 4.74 Å². The molecule has 0 spiro atoms. The molecule has 1 fully saturated rings. The first kappa shape index (κ1) is 18.5. The van der Waals surface area contributed by atoms with E-state index in [1.54, 1.807) is 0 Å². The molecule has 0 unspecified atom stereocenters. The van der Waals surface area contributed by atoms with Crippen LogP contribution >= 0.6 is 0 Å². The summed E-state index contributed by atoms with van der Waals surface area (Å²) in [5.74, 6) is 0.875. The summed E-state index contributed by atoms with van der Waals surface area (Å²) in [4.78, 5) is 14.9. The second-order valence-electron chi connectivity index (χ2n) is 9.35. The van der Waals surface area contributed by atoms with E-state index in [1.807, 2.05) is 36.9 Å². The van der Waals surface area contributed by atoms with Crippen molar-refractivity contribution in [1.29, 1.82) is 0 Å². The Kier molecular flexibility index (Phi) is 4.12. The number of fused-ring (bicyclic) bond motifs is 3. The molecule has 0 aliphatic carbocycles. The number of nitrogens with zero attached hydrogens (tertiary/aromatic N) is 1. The second-order valence-corrected chi connectivity index (χ2v) is 14.1. The first-order valence-corrected chi connectivity index (χ1v) is 12.1. The molecule has 25 heavy (non-hydrogen) atoms. The van der Waals surface area contributed by atoms with Crippen LogP contribution in [0, 0.1) is 5.92 Å². The van der Waals surface area contributed by atoms with Crippen LogP contribution in [0.25, 0.3) is 0 Å². The van der Waals surface area contributed by atoms with Gasteiger partial charge in [-0.05, 0) is 45.0 Å². The zero-order valence-electron chi connectivity index (χ0n) is 16.7. The summed E-state index contributed by atoms with van der Waals surface area (Å²) in [7, 11) is -1.93. The maximum atomic E-state index is 13.0. The lowest BCUT2D eigenvalue weighted by atomic mass is 9.76. The van der Waals surface area contributed by atoms with Crippen molar-refractivity contribution in [2.75, 3.05) is 0 Å². The zero-order chi connectivity index (χ0) is 18.8. The minimum absolute atomic E-state index is 0.0345. The van der Waals surface area contributed by atoms with Gasteiger partial charge in [-0.25, -0.2) is 0 Å². The van der Waals surface area contributed by atoms with E-state index in [1.165, 1.54) is 0 Å². The predicted octanol–water partition coefficient (Wildman–Crippen LogP) is 4.72. The molecule has 2 heterocycles. The monoisotopic (exact) mass is 361 g/mol. The fraction of sp³-hybridized carbons (Fsp3) is 0.650. The van der Waals surface area contributed by atoms with Gasteiger partial charge in [-0.2, -0.15) is 0 Å². The van der Waals surface area contributed by atoms with Crippen molar-refractivity contribution in [3.63, 3.8) is 0 Å². The summed E-state index contributed by atoms with van der Waals surface area (Å²) < 4.78 is 12.6. The molecular formula is C20H31NO3Si. The van der Waals surface area contributed by atoms with Gasteiger partial charge in [-0.1, -0.05) is 39.0 Å². The number of β-lactam (4-membered cyclic amide) rings is 1. The number of benzene rings is 1. The van der Waals surface area contributed by atoms with Crippen molar-refractivity contribution >= 4 is 14.2 Å². The van der Waals surface area contributed by atoms with Crippen LogP contribution in [0.4, 0.5) is 0 Å². The highest BCUT2D eigenvalue weighted by molar-refractivity contribution is 6.74. The van der Waals surface area contributed by atoms with Crippen LogP contribution in [0.5, 0.6) is 5.75 Å². The first-order chi connectivity index (χ1) is 11.4. The van der Waals surface area contributed by atoms with Crippen molar-refractivity contribution in [2.24, 2.45) is 5.92 Å². The molecule has 0 radical (unpaired) electrons. The van der Waals surface area contributed by atoms with Gasteiger partial charge in [-0.15, -0.1) is 0 Å². The summed E-state index contributed by atoms with van der Waals surface area (Å²) in [6.07, 6.45) is -0.100. The number of hydrogen-bond acceptors (Lipinski definition) is 3. The number of ether oxygens (including phenoxy) is 1. The minimum Gasteiger partial charge on any atom is -0.468 e. The molecule has 0 aromatic heterocycles. The quantitative estimate of drug-likeness (QED) is 0.577. The Morgan fingerprint density at radius 2 is 1.84 bits per heavy atom. The lowest BCUT2D eigenvalue weighted by molar-refractivity contribution is -0.204. The SMILES string of the molecule is C[C@@H](O[Si](C)(C)C(C)(C)C)[C@H]1C(=O)N2[C@@H]1c1ccccc1OC2(C)C. The molecule has 3 rings (SSSR count). The van der Waals surface area contributed by atoms with Gasteiger partial charge in [0.05, 0.1) is 18.1 Å². The third-order valence-corrected chi connectivity index (χ3v) is 10.7. The highest BCUT2D eigenvalue weighted by atomic mass is 28.4. The highest BCUT2D eigenvalue weighted by Crippen LogP contribution is 2.54. The summed E-state index contributed by atoms with van der Waals surface area (Å²) in [6.45, 7) is 17.2. The Balaban J connectivity index is 1.91. The van der Waals surface area contributed by atoms with Gasteiger partial charge in [-0.3, -0.25) is 9.69 Å². The summed E-state index contributed by atoms with van der Waals surface area (Å²) in [6, 6.07) is 8.09. The topological polar surface area (TPSA) is 38.8 Å². The molecule has 0 bridgehead atoms. The third-order valence-electron chi connectivity index (χ3n) is 6.11. The van der Waals surface area contributed by atoms with E-state index in [0.717, 1.165) is 11.3 Å². The lowest BCUT2D eigenvalue weighted by Gasteiger charge is -2.59. The molecule has 1 aromatic rings. The van der Waals surface area contributed by atoms with Crippen LogP contribution in [0.2, 0.25) is 18.1 Å². The van der Waals surface area contributed by atoms with Gasteiger partial charge in [0, 0.05) is 5.56 Å². The number of amides is 1. The Morgan fingerprint density at radius 3 is 2.44 bits per heavy atom. The minimum atomic E-state index is -1.93. The fourth-order valence-corrected chi connectivity index (χ4v) is 5.18. The second kappa shape index (κ2) is 5.58. The number of para-hydroxylation sites is 1. The van der Waals surface area contributed by atoms with Crippen molar-refractivity contribution in [2.45, 2.75) is 77.5 Å². The molecule has 0 saturated carbocycles. The summed E-state index contributed by atoms with van der Waals surface area (Å²) >= 11 is 0. The van der Waals surface area contributed by atoms with Gasteiger partial charge in [0.25, 0.3) is 0 Å². The van der Waals surface area contributed by atoms with E-state index in [2.05, 4.69) is 46.9 Å². The normalized spacial score (nSPS) is 26.2. The molecular weight excluding hydrogens is 330 g/mol. The highest BCUT2D eigenvalue weighted by Gasteiger charge is 2.60. The Morgan fingerprint density at radius 1 is 1.24 bits per heavy atom. The van der Waals surface area contributed by atoms with E-state index in [0.29, 0.717) is 0 Å². The fourth-order valence-electron chi connectivity index (χ4n) is 3.75. The maximum Gasteiger partial charge on any atom is 0.234 e. The predicted molar refractivity (Wildman–Crippen MR) is 102 cm³/mol. The average molecular weight is 362 g/mol. The molecule has 2 aliphatic heterocycles. The van der Waals surface area contributed by atoms with Gasteiger partial charge in [0.1, 0.15) is 5.75 Å². The van der Waals surface area contributed by atoms with E-state index in [9.17, 15) is 4.79 Å². The smallest absolute Gasteiger partial charge is 0.234 e. The standard InChI is InChI=1S/C20H31NO3Si/c1-13(24-25(7,8)19(2,3)4)16-17-14-11-9-10-12-15(14)23-20(5,6)21(17)18(16)22/h9-13,16-17H,1-8H3/t13-,16-,17-/m1/s1. The van der Waals surface area contributed by atoms with Crippen LogP contribution in [0.1, 0.15) is 53.1 Å². The van der Waals surface area contributed by atoms with E-state index >= 15 is 0 Å². The largest absolute Gasteiger partial charge is 0.468 e. The van der Waals surface area contributed by atoms with Crippen molar-refractivity contribution in [3.05, 3.63) is 29.8 Å². The molecule has 0 N–H and O–H groups in total. The zero-order valence-corrected chi connectivity index (χ0v) is 17.7. The molecule has 138 valence electrons. The maximum absolute atomic E-state index is 13.0. The number of carbonyl (C=O) groups is 1. The molecule has 1 amide bonds. The molecule has 2 aliphatic rings. The van der Waals surface area contributed by atoms with Crippen molar-refractivity contribution in [1.82, 2.24) is 4.90 Å². The van der Waals surface area contributed by atoms with Crippen LogP contribution in [0.15, 0.2) is 24.3 Å². The van der Waals surface area contributed by atoms with Gasteiger partial charge < -0.3 is 9.16 Å². The lowest BCUT2D eigenvalue weighted by Crippen LogP contribution is -2.69. The van der Waals surface area contributed by atoms with Gasteiger partial charge >= 0.3 is 0 Å². The van der Waals surface area contributed by atoms with Crippen molar-refractivity contribution < 1.29 is 14.0 Å². The molecule has 4 nitrogen and oxygen atoms in total. The van der Waals surface area contributed by atoms with Crippen LogP contribution in [0.3, 0.4) is 0 Å². The van der Waals surface area contributed by atoms with Crippen LogP contribution in [-0.4, -0.2) is 31.0 Å². The third kappa shape index (κ3) is 2.81. The Hall–Kier alpha value is -1.33. The number of hydrogen-bond donors (Lipinski definition) is 0. The van der Waals surface area contributed by atoms with E-state index in [-0.39, 0.29) is 29.0 Å². The Bertz CT molecular complexity index is 692. The summed E-state index contributed by atoms with van der Waals surface area (Å²) in [5.41, 5.74) is 0.473. The van der Waals surface area contributed by atoms with Crippen LogP contribution in [-0.2, 0) is 9.22 Å².